The number of rotatable bonds is 5. The second kappa shape index (κ2) is 5.19. The zero-order chi connectivity index (χ0) is 10.4. The molecule has 14 heavy (non-hydrogen) atoms. The van der Waals surface area contributed by atoms with E-state index in [-0.39, 0.29) is 12.6 Å². The Hall–Kier alpha value is -1.61. The van der Waals surface area contributed by atoms with Crippen molar-refractivity contribution in [2.45, 2.75) is 0 Å². The molecule has 0 amide bonds. The molecule has 0 fully saturated rings. The lowest BCUT2D eigenvalue weighted by molar-refractivity contribution is 0.0510. The Morgan fingerprint density at radius 2 is 2.36 bits per heavy atom. The van der Waals surface area contributed by atoms with Crippen LogP contribution < -0.4 is 4.74 Å². The number of benzene rings is 1. The van der Waals surface area contributed by atoms with Crippen molar-refractivity contribution >= 4 is 5.78 Å². The lowest BCUT2D eigenvalue weighted by Gasteiger charge is -2.04. The van der Waals surface area contributed by atoms with Crippen molar-refractivity contribution in [1.82, 2.24) is 0 Å². The van der Waals surface area contributed by atoms with E-state index in [1.165, 1.54) is 6.08 Å². The third-order valence-electron chi connectivity index (χ3n) is 1.65. The minimum Gasteiger partial charge on any atom is -0.468 e. The average Bonchev–Trinajstić information content (AvgIpc) is 2.25. The van der Waals surface area contributed by atoms with Crippen molar-refractivity contribution in [2.24, 2.45) is 0 Å². The molecule has 3 nitrogen and oxygen atoms in total. The summed E-state index contributed by atoms with van der Waals surface area (Å²) in [6, 6.07) is 6.88. The monoisotopic (exact) mass is 192 g/mol. The first-order valence-electron chi connectivity index (χ1n) is 4.16. The van der Waals surface area contributed by atoms with E-state index in [2.05, 4.69) is 6.58 Å². The molecule has 1 aromatic rings. The SMILES string of the molecule is C=CC(=O)c1cccc(OCOC)c1. The van der Waals surface area contributed by atoms with Gasteiger partial charge in [0.2, 0.25) is 0 Å². The summed E-state index contributed by atoms with van der Waals surface area (Å²) in [6.45, 7) is 3.59. The van der Waals surface area contributed by atoms with E-state index in [4.69, 9.17) is 9.47 Å². The quantitative estimate of drug-likeness (QED) is 0.407. The van der Waals surface area contributed by atoms with Gasteiger partial charge in [-0.15, -0.1) is 0 Å². The number of hydrogen-bond donors (Lipinski definition) is 0. The molecule has 0 saturated heterocycles. The van der Waals surface area contributed by atoms with E-state index < -0.39 is 0 Å². The van der Waals surface area contributed by atoms with Crippen molar-refractivity contribution in [2.75, 3.05) is 13.9 Å². The summed E-state index contributed by atoms with van der Waals surface area (Å²) >= 11 is 0. The molecule has 0 aliphatic heterocycles. The van der Waals surface area contributed by atoms with E-state index in [9.17, 15) is 4.79 Å². The van der Waals surface area contributed by atoms with Gasteiger partial charge in [-0.3, -0.25) is 4.79 Å². The largest absolute Gasteiger partial charge is 0.468 e. The molecule has 74 valence electrons. The topological polar surface area (TPSA) is 35.5 Å². The van der Waals surface area contributed by atoms with E-state index in [1.807, 2.05) is 0 Å². The Morgan fingerprint density at radius 1 is 1.57 bits per heavy atom. The van der Waals surface area contributed by atoms with Crippen LogP contribution in [-0.2, 0) is 4.74 Å². The fraction of sp³-hybridized carbons (Fsp3) is 0.182. The third-order valence-corrected chi connectivity index (χ3v) is 1.65. The van der Waals surface area contributed by atoms with Crippen molar-refractivity contribution in [3.63, 3.8) is 0 Å². The van der Waals surface area contributed by atoms with Gasteiger partial charge in [0.15, 0.2) is 12.6 Å². The summed E-state index contributed by atoms with van der Waals surface area (Å²) in [4.78, 5) is 11.2. The summed E-state index contributed by atoms with van der Waals surface area (Å²) in [5.74, 6) is 0.493. The van der Waals surface area contributed by atoms with Crippen LogP contribution in [0, 0.1) is 0 Å². The molecule has 0 aliphatic rings. The van der Waals surface area contributed by atoms with Crippen LogP contribution in [0.25, 0.3) is 0 Å². The van der Waals surface area contributed by atoms with Gasteiger partial charge >= 0.3 is 0 Å². The first-order chi connectivity index (χ1) is 6.77. The van der Waals surface area contributed by atoms with Gasteiger partial charge in [0.05, 0.1) is 0 Å². The highest BCUT2D eigenvalue weighted by molar-refractivity contribution is 6.04. The number of ketones is 1. The second-order valence-electron chi connectivity index (χ2n) is 2.65. The highest BCUT2D eigenvalue weighted by Gasteiger charge is 2.01. The zero-order valence-corrected chi connectivity index (χ0v) is 8.03. The van der Waals surface area contributed by atoms with E-state index in [0.717, 1.165) is 0 Å². The summed E-state index contributed by atoms with van der Waals surface area (Å²) in [7, 11) is 1.54. The molecular weight excluding hydrogens is 180 g/mol. The predicted molar refractivity (Wildman–Crippen MR) is 53.5 cm³/mol. The van der Waals surface area contributed by atoms with Crippen LogP contribution in [0.5, 0.6) is 5.75 Å². The second-order valence-corrected chi connectivity index (χ2v) is 2.65. The Balaban J connectivity index is 2.78. The first-order valence-corrected chi connectivity index (χ1v) is 4.16. The van der Waals surface area contributed by atoms with Crippen LogP contribution in [0.2, 0.25) is 0 Å². The van der Waals surface area contributed by atoms with Crippen LogP contribution in [0.3, 0.4) is 0 Å². The molecule has 0 N–H and O–H groups in total. The lowest BCUT2D eigenvalue weighted by Crippen LogP contribution is -2.00. The fourth-order valence-electron chi connectivity index (χ4n) is 0.984. The number of allylic oxidation sites excluding steroid dienone is 1. The maximum absolute atomic E-state index is 11.2. The van der Waals surface area contributed by atoms with Crippen LogP contribution in [-0.4, -0.2) is 19.7 Å². The number of carbonyl (C=O) groups is 1. The molecule has 3 heteroatoms. The molecule has 1 aromatic carbocycles. The number of ether oxygens (including phenoxy) is 2. The lowest BCUT2D eigenvalue weighted by atomic mass is 10.1. The van der Waals surface area contributed by atoms with E-state index in [0.29, 0.717) is 11.3 Å². The van der Waals surface area contributed by atoms with Gasteiger partial charge in [-0.05, 0) is 18.2 Å². The molecule has 0 saturated carbocycles. The van der Waals surface area contributed by atoms with Crippen molar-refractivity contribution in [1.29, 1.82) is 0 Å². The molecule has 0 atom stereocenters. The van der Waals surface area contributed by atoms with Gasteiger partial charge in [-0.1, -0.05) is 18.7 Å². The smallest absolute Gasteiger partial charge is 0.188 e. The Labute approximate surface area is 83.0 Å². The molecule has 0 aromatic heterocycles. The normalized spacial score (nSPS) is 9.50. The van der Waals surface area contributed by atoms with E-state index in [1.54, 1.807) is 31.4 Å². The molecule has 0 bridgehead atoms. The van der Waals surface area contributed by atoms with Crippen LogP contribution >= 0.6 is 0 Å². The number of methoxy groups -OCH3 is 1. The predicted octanol–water partition coefficient (Wildman–Crippen LogP) is 2.04. The molecule has 0 aliphatic carbocycles. The highest BCUT2D eigenvalue weighted by atomic mass is 16.7. The molecule has 1 rings (SSSR count). The Morgan fingerprint density at radius 3 is 3.00 bits per heavy atom. The number of carbonyl (C=O) groups excluding carboxylic acids is 1. The minimum absolute atomic E-state index is 0.118. The van der Waals surface area contributed by atoms with Gasteiger partial charge in [0, 0.05) is 12.7 Å². The van der Waals surface area contributed by atoms with Crippen LogP contribution in [0.15, 0.2) is 36.9 Å². The fourth-order valence-corrected chi connectivity index (χ4v) is 0.984. The molecule has 0 radical (unpaired) electrons. The highest BCUT2D eigenvalue weighted by Crippen LogP contribution is 2.13. The van der Waals surface area contributed by atoms with Crippen molar-refractivity contribution in [3.05, 3.63) is 42.5 Å². The van der Waals surface area contributed by atoms with Gasteiger partial charge in [0.1, 0.15) is 5.75 Å². The summed E-state index contributed by atoms with van der Waals surface area (Å²) in [5, 5.41) is 0. The van der Waals surface area contributed by atoms with Gasteiger partial charge < -0.3 is 9.47 Å². The van der Waals surface area contributed by atoms with Crippen molar-refractivity contribution < 1.29 is 14.3 Å². The molecule has 0 unspecified atom stereocenters. The maximum atomic E-state index is 11.2. The van der Waals surface area contributed by atoms with Crippen LogP contribution in [0.1, 0.15) is 10.4 Å². The van der Waals surface area contributed by atoms with Gasteiger partial charge in [0.25, 0.3) is 0 Å². The standard InChI is InChI=1S/C11H12O3/c1-3-11(12)9-5-4-6-10(7-9)14-8-13-2/h3-7H,1,8H2,2H3. The average molecular weight is 192 g/mol. The molecular formula is C11H12O3. The third kappa shape index (κ3) is 2.71. The van der Waals surface area contributed by atoms with Crippen molar-refractivity contribution in [3.8, 4) is 5.75 Å². The Kier molecular flexibility index (Phi) is 3.88. The molecule has 0 spiro atoms. The Bertz CT molecular complexity index is 331. The first kappa shape index (κ1) is 10.5. The van der Waals surface area contributed by atoms with Gasteiger partial charge in [-0.2, -0.15) is 0 Å². The zero-order valence-electron chi connectivity index (χ0n) is 8.03. The van der Waals surface area contributed by atoms with Gasteiger partial charge in [-0.25, -0.2) is 0 Å². The summed E-state index contributed by atoms with van der Waals surface area (Å²) in [5.41, 5.74) is 0.564. The maximum Gasteiger partial charge on any atom is 0.188 e. The molecule has 0 heterocycles. The summed E-state index contributed by atoms with van der Waals surface area (Å²) < 4.78 is 9.93. The minimum atomic E-state index is -0.118. The number of hydrogen-bond acceptors (Lipinski definition) is 3. The van der Waals surface area contributed by atoms with Crippen LogP contribution in [0.4, 0.5) is 0 Å². The van der Waals surface area contributed by atoms with E-state index >= 15 is 0 Å². The summed E-state index contributed by atoms with van der Waals surface area (Å²) in [6.07, 6.45) is 1.27.